The van der Waals surface area contributed by atoms with Crippen LogP contribution in [0.25, 0.3) is 6.08 Å². The van der Waals surface area contributed by atoms with E-state index in [9.17, 15) is 4.79 Å². The molecule has 0 N–H and O–H groups in total. The molecular formula is C20H25N5O. The second-order valence-corrected chi connectivity index (χ2v) is 7.48. The highest BCUT2D eigenvalue weighted by atomic mass is 16.2. The Balaban J connectivity index is 1.65. The minimum absolute atomic E-state index is 0.0844. The second kappa shape index (κ2) is 6.68. The van der Waals surface area contributed by atoms with Crippen molar-refractivity contribution in [3.63, 3.8) is 0 Å². The highest BCUT2D eigenvalue weighted by Gasteiger charge is 2.32. The predicted octanol–water partition coefficient (Wildman–Crippen LogP) is 2.13. The maximum absolute atomic E-state index is 13.3. The zero-order valence-corrected chi connectivity index (χ0v) is 15.6. The van der Waals surface area contributed by atoms with Gasteiger partial charge in [-0.25, -0.2) is 0 Å². The summed E-state index contributed by atoms with van der Waals surface area (Å²) in [6, 6.07) is 6.19. The molecule has 1 aromatic heterocycles. The van der Waals surface area contributed by atoms with E-state index < -0.39 is 0 Å². The van der Waals surface area contributed by atoms with Crippen molar-refractivity contribution in [1.29, 1.82) is 0 Å². The molecule has 1 unspecified atom stereocenters. The lowest BCUT2D eigenvalue weighted by Crippen LogP contribution is -2.51. The van der Waals surface area contributed by atoms with Crippen LogP contribution in [0, 0.1) is 6.92 Å². The van der Waals surface area contributed by atoms with Crippen molar-refractivity contribution >= 4 is 12.0 Å². The maximum Gasteiger partial charge on any atom is 0.254 e. The topological polar surface area (TPSA) is 54.3 Å². The molecule has 0 radical (unpaired) electrons. The zero-order chi connectivity index (χ0) is 18.3. The van der Waals surface area contributed by atoms with Gasteiger partial charge in [0, 0.05) is 18.7 Å². The first kappa shape index (κ1) is 17.0. The quantitative estimate of drug-likeness (QED) is 0.850. The van der Waals surface area contributed by atoms with Crippen molar-refractivity contribution in [3.05, 3.63) is 52.6 Å². The Morgan fingerprint density at radius 1 is 1.31 bits per heavy atom. The minimum Gasteiger partial charge on any atom is -0.325 e. The summed E-state index contributed by atoms with van der Waals surface area (Å²) in [5.41, 5.74) is 3.26. The molecule has 1 amide bonds. The Morgan fingerprint density at radius 3 is 2.96 bits per heavy atom. The van der Waals surface area contributed by atoms with E-state index in [1.54, 1.807) is 0 Å². The highest BCUT2D eigenvalue weighted by Crippen LogP contribution is 2.24. The second-order valence-electron chi connectivity index (χ2n) is 7.48. The number of nitrogens with zero attached hydrogens (tertiary/aromatic N) is 5. The number of benzene rings is 1. The van der Waals surface area contributed by atoms with Crippen molar-refractivity contribution < 1.29 is 4.79 Å². The van der Waals surface area contributed by atoms with Crippen LogP contribution in [0.5, 0.6) is 0 Å². The van der Waals surface area contributed by atoms with Crippen molar-refractivity contribution in [1.82, 2.24) is 24.6 Å². The number of carbonyl (C=O) groups is 1. The number of hydrogen-bond donors (Lipinski definition) is 0. The maximum atomic E-state index is 13.3. The van der Waals surface area contributed by atoms with Crippen LogP contribution < -0.4 is 0 Å². The van der Waals surface area contributed by atoms with Gasteiger partial charge in [0.05, 0.1) is 12.6 Å². The molecule has 2 heterocycles. The SMILES string of the molecule is Cc1nnc2n1CC(CN(C)C)N(C(=O)c1ccc3c(c1)CCC=C3)C2. The van der Waals surface area contributed by atoms with Crippen LogP contribution in [0.4, 0.5) is 0 Å². The number of likely N-dealkylation sites (N-methyl/N-ethyl adjacent to an activating group) is 1. The monoisotopic (exact) mass is 351 g/mol. The van der Waals surface area contributed by atoms with E-state index in [-0.39, 0.29) is 11.9 Å². The third-order valence-corrected chi connectivity index (χ3v) is 5.26. The van der Waals surface area contributed by atoms with E-state index in [0.717, 1.165) is 43.1 Å². The van der Waals surface area contributed by atoms with E-state index >= 15 is 0 Å². The molecule has 1 aliphatic carbocycles. The fraction of sp³-hybridized carbons (Fsp3) is 0.450. The molecule has 0 spiro atoms. The molecule has 6 nitrogen and oxygen atoms in total. The highest BCUT2D eigenvalue weighted by molar-refractivity contribution is 5.95. The van der Waals surface area contributed by atoms with Gasteiger partial charge in [0.15, 0.2) is 5.82 Å². The number of aromatic nitrogens is 3. The molecule has 4 rings (SSSR count). The molecule has 6 heteroatoms. The molecular weight excluding hydrogens is 326 g/mol. The van der Waals surface area contributed by atoms with Gasteiger partial charge in [0.2, 0.25) is 0 Å². The molecule has 0 bridgehead atoms. The van der Waals surface area contributed by atoms with E-state index in [1.807, 2.05) is 32.0 Å². The van der Waals surface area contributed by atoms with E-state index in [4.69, 9.17) is 0 Å². The van der Waals surface area contributed by atoms with Gasteiger partial charge in [-0.1, -0.05) is 18.2 Å². The van der Waals surface area contributed by atoms with Crippen molar-refractivity contribution in [2.24, 2.45) is 0 Å². The molecule has 1 aromatic carbocycles. The van der Waals surface area contributed by atoms with Gasteiger partial charge < -0.3 is 14.4 Å². The lowest BCUT2D eigenvalue weighted by molar-refractivity contribution is 0.0543. The Labute approximate surface area is 154 Å². The van der Waals surface area contributed by atoms with Crippen molar-refractivity contribution in [3.8, 4) is 0 Å². The Bertz CT molecular complexity index is 867. The van der Waals surface area contributed by atoms with Gasteiger partial charge in [0.1, 0.15) is 5.82 Å². The fourth-order valence-corrected chi connectivity index (χ4v) is 3.92. The molecule has 2 aromatic rings. The summed E-state index contributed by atoms with van der Waals surface area (Å²) in [7, 11) is 4.09. The summed E-state index contributed by atoms with van der Waals surface area (Å²) in [6.07, 6.45) is 6.38. The average Bonchev–Trinajstić information content (AvgIpc) is 3.00. The molecule has 0 saturated heterocycles. The Hall–Kier alpha value is -2.47. The van der Waals surface area contributed by atoms with Gasteiger partial charge >= 0.3 is 0 Å². The third-order valence-electron chi connectivity index (χ3n) is 5.26. The number of fused-ring (bicyclic) bond motifs is 2. The predicted molar refractivity (Wildman–Crippen MR) is 101 cm³/mol. The molecule has 0 saturated carbocycles. The number of amides is 1. The van der Waals surface area contributed by atoms with Crippen LogP contribution in [-0.4, -0.2) is 57.2 Å². The first-order chi connectivity index (χ1) is 12.5. The van der Waals surface area contributed by atoms with Crippen LogP contribution in [0.15, 0.2) is 24.3 Å². The summed E-state index contributed by atoms with van der Waals surface area (Å²) in [5, 5.41) is 8.45. The average molecular weight is 351 g/mol. The molecule has 26 heavy (non-hydrogen) atoms. The summed E-state index contributed by atoms with van der Waals surface area (Å²) < 4.78 is 2.13. The van der Waals surface area contributed by atoms with Crippen molar-refractivity contribution in [2.45, 2.75) is 38.9 Å². The van der Waals surface area contributed by atoms with E-state index in [0.29, 0.717) is 6.54 Å². The van der Waals surface area contributed by atoms with Gasteiger partial charge in [-0.3, -0.25) is 4.79 Å². The molecule has 2 aliphatic rings. The first-order valence-corrected chi connectivity index (χ1v) is 9.17. The largest absolute Gasteiger partial charge is 0.325 e. The zero-order valence-electron chi connectivity index (χ0n) is 15.6. The normalized spacial score (nSPS) is 18.8. The molecule has 1 atom stereocenters. The summed E-state index contributed by atoms with van der Waals surface area (Å²) in [6.45, 7) is 4.04. The lowest BCUT2D eigenvalue weighted by Gasteiger charge is -2.37. The van der Waals surface area contributed by atoms with Crippen LogP contribution in [0.1, 0.15) is 39.6 Å². The number of aryl methyl sites for hydroxylation is 2. The van der Waals surface area contributed by atoms with Crippen LogP contribution in [-0.2, 0) is 19.5 Å². The van der Waals surface area contributed by atoms with Crippen LogP contribution >= 0.6 is 0 Å². The van der Waals surface area contributed by atoms with E-state index in [2.05, 4.69) is 43.9 Å². The third kappa shape index (κ3) is 3.05. The summed E-state index contributed by atoms with van der Waals surface area (Å²) in [4.78, 5) is 17.4. The fourth-order valence-electron chi connectivity index (χ4n) is 3.92. The van der Waals surface area contributed by atoms with E-state index in [1.165, 1.54) is 11.1 Å². The molecule has 0 fully saturated rings. The lowest BCUT2D eigenvalue weighted by atomic mass is 9.95. The van der Waals surface area contributed by atoms with Gasteiger partial charge in [0.25, 0.3) is 5.91 Å². The Morgan fingerprint density at radius 2 is 2.15 bits per heavy atom. The number of rotatable bonds is 3. The standard InChI is InChI=1S/C20H25N5O/c1-14-21-22-19-13-25(18(11-23(2)3)12-24(14)19)20(26)17-9-8-15-6-4-5-7-16(15)10-17/h4,6,8-10,18H,5,7,11-13H2,1-3H3. The van der Waals surface area contributed by atoms with Gasteiger partial charge in [-0.15, -0.1) is 10.2 Å². The number of hydrogen-bond acceptors (Lipinski definition) is 4. The van der Waals surface area contributed by atoms with Gasteiger partial charge in [-0.2, -0.15) is 0 Å². The summed E-state index contributed by atoms with van der Waals surface area (Å²) >= 11 is 0. The van der Waals surface area contributed by atoms with Gasteiger partial charge in [-0.05, 0) is 57.1 Å². The smallest absolute Gasteiger partial charge is 0.254 e. The van der Waals surface area contributed by atoms with Crippen LogP contribution in [0.2, 0.25) is 0 Å². The Kier molecular flexibility index (Phi) is 4.36. The molecule has 136 valence electrons. The summed E-state index contributed by atoms with van der Waals surface area (Å²) in [5.74, 6) is 1.87. The van der Waals surface area contributed by atoms with Crippen molar-refractivity contribution in [2.75, 3.05) is 20.6 Å². The number of allylic oxidation sites excluding steroid dienone is 1. The molecule has 1 aliphatic heterocycles. The van der Waals surface area contributed by atoms with Crippen LogP contribution in [0.3, 0.4) is 0 Å². The minimum atomic E-state index is 0.0844. The number of carbonyl (C=O) groups excluding carboxylic acids is 1. The first-order valence-electron chi connectivity index (χ1n) is 9.17.